The molecular formula is C18H24N4O3. The number of nitrogens with one attached hydrogen (secondary N) is 2. The third kappa shape index (κ3) is 3.68. The van der Waals surface area contributed by atoms with Crippen molar-refractivity contribution in [2.45, 2.75) is 12.5 Å². The highest BCUT2D eigenvalue weighted by Crippen LogP contribution is 2.22. The number of hydrogen-bond donors (Lipinski definition) is 2. The van der Waals surface area contributed by atoms with E-state index in [4.69, 9.17) is 9.47 Å². The zero-order valence-corrected chi connectivity index (χ0v) is 14.2. The van der Waals surface area contributed by atoms with Crippen LogP contribution in [0.2, 0.25) is 0 Å². The van der Waals surface area contributed by atoms with Crippen LogP contribution in [0.25, 0.3) is 10.9 Å². The highest BCUT2D eigenvalue weighted by Gasteiger charge is 2.31. The Kier molecular flexibility index (Phi) is 4.96. The monoisotopic (exact) mass is 344 g/mol. The second-order valence-corrected chi connectivity index (χ2v) is 6.65. The molecule has 1 aromatic carbocycles. The number of ether oxygens (including phenoxy) is 2. The van der Waals surface area contributed by atoms with Gasteiger partial charge in [0.15, 0.2) is 0 Å². The van der Waals surface area contributed by atoms with Gasteiger partial charge in [0.2, 0.25) is 5.95 Å². The highest BCUT2D eigenvalue weighted by atomic mass is 16.5. The summed E-state index contributed by atoms with van der Waals surface area (Å²) in [5.74, 6) is 1.03. The van der Waals surface area contributed by atoms with Gasteiger partial charge in [-0.3, -0.25) is 14.7 Å². The highest BCUT2D eigenvalue weighted by molar-refractivity contribution is 5.78. The molecule has 0 radical (unpaired) electrons. The molecule has 0 spiro atoms. The number of para-hydroxylation sites is 1. The normalized spacial score (nSPS) is 23.0. The van der Waals surface area contributed by atoms with Crippen molar-refractivity contribution in [2.24, 2.45) is 5.92 Å². The lowest BCUT2D eigenvalue weighted by Gasteiger charge is -2.37. The Morgan fingerprint density at radius 2 is 2.08 bits per heavy atom. The first-order valence-electron chi connectivity index (χ1n) is 8.94. The van der Waals surface area contributed by atoms with Gasteiger partial charge in [-0.25, -0.2) is 4.98 Å². The molecule has 134 valence electrons. The molecule has 2 N–H and O–H groups in total. The first-order valence-corrected chi connectivity index (χ1v) is 8.94. The molecule has 2 aromatic rings. The second-order valence-electron chi connectivity index (χ2n) is 6.65. The van der Waals surface area contributed by atoms with Crippen molar-refractivity contribution in [1.29, 1.82) is 0 Å². The average molecular weight is 344 g/mol. The van der Waals surface area contributed by atoms with Gasteiger partial charge in [-0.15, -0.1) is 0 Å². The number of hydrogen-bond acceptors (Lipinski definition) is 6. The zero-order valence-electron chi connectivity index (χ0n) is 14.2. The molecule has 2 saturated heterocycles. The molecule has 25 heavy (non-hydrogen) atoms. The summed E-state index contributed by atoms with van der Waals surface area (Å²) in [4.78, 5) is 22.1. The molecular weight excluding hydrogens is 320 g/mol. The molecule has 7 heteroatoms. The van der Waals surface area contributed by atoms with Crippen LogP contribution in [0.4, 0.5) is 5.95 Å². The fourth-order valence-electron chi connectivity index (χ4n) is 3.73. The van der Waals surface area contributed by atoms with Crippen LogP contribution in [0, 0.1) is 5.92 Å². The third-order valence-electron chi connectivity index (χ3n) is 5.12. The minimum absolute atomic E-state index is 0.111. The van der Waals surface area contributed by atoms with E-state index in [1.807, 2.05) is 18.2 Å². The Hall–Kier alpha value is -1.96. The number of benzene rings is 1. The zero-order chi connectivity index (χ0) is 17.1. The summed E-state index contributed by atoms with van der Waals surface area (Å²) in [6.45, 7) is 5.77. The van der Waals surface area contributed by atoms with Crippen molar-refractivity contribution in [3.63, 3.8) is 0 Å². The van der Waals surface area contributed by atoms with Crippen molar-refractivity contribution >= 4 is 16.9 Å². The van der Waals surface area contributed by atoms with Crippen LogP contribution in [0.1, 0.15) is 6.42 Å². The number of nitrogens with zero attached hydrogens (tertiary/aromatic N) is 2. The maximum Gasteiger partial charge on any atom is 0.260 e. The molecule has 0 aliphatic carbocycles. The number of rotatable bonds is 5. The summed E-state index contributed by atoms with van der Waals surface area (Å²) in [5, 5.41) is 3.96. The van der Waals surface area contributed by atoms with Crippen molar-refractivity contribution < 1.29 is 9.47 Å². The molecule has 2 fully saturated rings. The van der Waals surface area contributed by atoms with Gasteiger partial charge in [-0.05, 0) is 18.6 Å². The number of anilines is 1. The molecule has 2 atom stereocenters. The molecule has 0 amide bonds. The summed E-state index contributed by atoms with van der Waals surface area (Å²) < 4.78 is 11.1. The number of morpholine rings is 1. The summed E-state index contributed by atoms with van der Waals surface area (Å²) >= 11 is 0. The fraction of sp³-hybridized carbons (Fsp3) is 0.556. The molecule has 3 heterocycles. The lowest BCUT2D eigenvalue weighted by molar-refractivity contribution is 0.00458. The summed E-state index contributed by atoms with van der Waals surface area (Å²) in [6.07, 6.45) is 1.07. The first-order chi connectivity index (χ1) is 12.3. The van der Waals surface area contributed by atoms with Gasteiger partial charge in [0, 0.05) is 38.2 Å². The van der Waals surface area contributed by atoms with Crippen molar-refractivity contribution in [3.05, 3.63) is 34.6 Å². The van der Waals surface area contributed by atoms with Crippen molar-refractivity contribution in [1.82, 2.24) is 14.9 Å². The lowest BCUT2D eigenvalue weighted by Crippen LogP contribution is -2.50. The van der Waals surface area contributed by atoms with E-state index in [2.05, 4.69) is 20.2 Å². The average Bonchev–Trinajstić information content (AvgIpc) is 3.17. The van der Waals surface area contributed by atoms with E-state index in [9.17, 15) is 4.79 Å². The van der Waals surface area contributed by atoms with Gasteiger partial charge in [0.05, 0.1) is 30.7 Å². The van der Waals surface area contributed by atoms with Gasteiger partial charge in [0.25, 0.3) is 5.56 Å². The second kappa shape index (κ2) is 7.51. The van der Waals surface area contributed by atoms with Gasteiger partial charge in [0.1, 0.15) is 0 Å². The number of aromatic nitrogens is 2. The van der Waals surface area contributed by atoms with Crippen LogP contribution < -0.4 is 10.9 Å². The topological polar surface area (TPSA) is 79.5 Å². The van der Waals surface area contributed by atoms with Crippen LogP contribution in [-0.2, 0) is 9.47 Å². The van der Waals surface area contributed by atoms with E-state index >= 15 is 0 Å². The van der Waals surface area contributed by atoms with E-state index in [1.165, 1.54) is 0 Å². The number of fused-ring (bicyclic) bond motifs is 1. The van der Waals surface area contributed by atoms with E-state index < -0.39 is 0 Å². The van der Waals surface area contributed by atoms with Crippen LogP contribution in [0.3, 0.4) is 0 Å². The first kappa shape index (κ1) is 16.5. The summed E-state index contributed by atoms with van der Waals surface area (Å²) in [5.41, 5.74) is 0.598. The Bertz CT molecular complexity index is 766. The third-order valence-corrected chi connectivity index (χ3v) is 5.12. The molecule has 0 saturated carbocycles. The maximum atomic E-state index is 12.2. The van der Waals surface area contributed by atoms with E-state index in [-0.39, 0.29) is 5.56 Å². The van der Waals surface area contributed by atoms with Crippen molar-refractivity contribution in [3.8, 4) is 0 Å². The van der Waals surface area contributed by atoms with Crippen LogP contribution in [0.5, 0.6) is 0 Å². The lowest BCUT2D eigenvalue weighted by atomic mass is 9.97. The number of aromatic amines is 1. The van der Waals surface area contributed by atoms with Gasteiger partial charge in [-0.2, -0.15) is 0 Å². The molecule has 4 rings (SSSR count). The van der Waals surface area contributed by atoms with E-state index in [1.54, 1.807) is 6.07 Å². The SMILES string of the molecule is O=c1[nH]c(NC[C@@H]([C@H]2CCOC2)N2CCOCC2)nc2ccccc12. The minimum atomic E-state index is -0.111. The standard InChI is InChI=1S/C18H24N4O3/c23-17-14-3-1-2-4-15(14)20-18(21-17)19-11-16(13-5-8-25-12-13)22-6-9-24-10-7-22/h1-4,13,16H,5-12H2,(H2,19,20,21,23)/t13-,16-/m0/s1. The predicted octanol–water partition coefficient (Wildman–Crippen LogP) is 1.07. The van der Waals surface area contributed by atoms with E-state index in [0.717, 1.165) is 52.5 Å². The molecule has 0 bridgehead atoms. The van der Waals surface area contributed by atoms with E-state index in [0.29, 0.717) is 28.8 Å². The Balaban J connectivity index is 1.51. The molecule has 1 aromatic heterocycles. The maximum absolute atomic E-state index is 12.2. The number of H-pyrrole nitrogens is 1. The minimum Gasteiger partial charge on any atom is -0.381 e. The quantitative estimate of drug-likeness (QED) is 0.845. The summed E-state index contributed by atoms with van der Waals surface area (Å²) in [7, 11) is 0. The molecule has 2 aliphatic heterocycles. The van der Waals surface area contributed by atoms with Crippen LogP contribution in [0.15, 0.2) is 29.1 Å². The van der Waals surface area contributed by atoms with Crippen LogP contribution in [-0.4, -0.2) is 67.0 Å². The van der Waals surface area contributed by atoms with Crippen LogP contribution >= 0.6 is 0 Å². The fourth-order valence-corrected chi connectivity index (χ4v) is 3.73. The summed E-state index contributed by atoms with van der Waals surface area (Å²) in [6, 6.07) is 7.74. The molecule has 0 unspecified atom stereocenters. The van der Waals surface area contributed by atoms with Crippen molar-refractivity contribution in [2.75, 3.05) is 51.4 Å². The van der Waals surface area contributed by atoms with Gasteiger partial charge in [-0.1, -0.05) is 12.1 Å². The van der Waals surface area contributed by atoms with Gasteiger partial charge < -0.3 is 14.8 Å². The Morgan fingerprint density at radius 3 is 2.88 bits per heavy atom. The van der Waals surface area contributed by atoms with Gasteiger partial charge >= 0.3 is 0 Å². The molecule has 2 aliphatic rings. The predicted molar refractivity (Wildman–Crippen MR) is 96.0 cm³/mol. The largest absolute Gasteiger partial charge is 0.381 e. The Labute approximate surface area is 146 Å². The molecule has 7 nitrogen and oxygen atoms in total. The smallest absolute Gasteiger partial charge is 0.260 e. The Morgan fingerprint density at radius 1 is 1.24 bits per heavy atom.